The monoisotopic (exact) mass is 540 g/mol. The maximum absolute atomic E-state index is 15.4. The van der Waals surface area contributed by atoms with Crippen molar-refractivity contribution in [2.45, 2.75) is 0 Å². The Balaban J connectivity index is 2.14. The van der Waals surface area contributed by atoms with Crippen LogP contribution in [0.1, 0.15) is 0 Å². The number of benzene rings is 5. The highest BCUT2D eigenvalue weighted by Gasteiger charge is 2.31. The smallest absolute Gasteiger partial charge is 0.198 e. The van der Waals surface area contributed by atoms with Gasteiger partial charge < -0.3 is 4.74 Å². The lowest BCUT2D eigenvalue weighted by atomic mass is 9.84. The fourth-order valence-corrected chi connectivity index (χ4v) is 4.48. The molecule has 0 radical (unpaired) electrons. The van der Waals surface area contributed by atoms with Crippen LogP contribution in [0, 0.1) is 58.2 Å². The highest BCUT2D eigenvalue weighted by Crippen LogP contribution is 2.48. The van der Waals surface area contributed by atoms with Crippen molar-refractivity contribution in [3.05, 3.63) is 101 Å². The molecule has 0 aliphatic heterocycles. The SMILES string of the molecule is COc1cc(F)c(-c2c3ccc(F)cc3c(-c3cc(F)c(F)c(F)c3)c3c(F)c(F)c(F)c(F)c23)c(F)c1. The van der Waals surface area contributed by atoms with E-state index in [-0.39, 0.29) is 5.75 Å². The molecule has 0 fully saturated rings. The molecule has 38 heavy (non-hydrogen) atoms. The van der Waals surface area contributed by atoms with Crippen LogP contribution in [0.4, 0.5) is 43.9 Å². The van der Waals surface area contributed by atoms with Crippen molar-refractivity contribution in [1.29, 1.82) is 0 Å². The van der Waals surface area contributed by atoms with Gasteiger partial charge in [-0.3, -0.25) is 0 Å². The summed E-state index contributed by atoms with van der Waals surface area (Å²) in [5.41, 5.74) is -3.41. The number of ether oxygens (including phenoxy) is 1. The Labute approximate surface area is 206 Å². The van der Waals surface area contributed by atoms with Gasteiger partial charge in [-0.25, -0.2) is 43.9 Å². The van der Waals surface area contributed by atoms with Crippen LogP contribution >= 0.6 is 0 Å². The van der Waals surface area contributed by atoms with Gasteiger partial charge >= 0.3 is 0 Å². The zero-order chi connectivity index (χ0) is 27.6. The van der Waals surface area contributed by atoms with Crippen molar-refractivity contribution in [3.63, 3.8) is 0 Å². The molecular weight excluding hydrogens is 530 g/mol. The van der Waals surface area contributed by atoms with Crippen LogP contribution in [-0.4, -0.2) is 7.11 Å². The van der Waals surface area contributed by atoms with Crippen molar-refractivity contribution in [2.75, 3.05) is 7.11 Å². The summed E-state index contributed by atoms with van der Waals surface area (Å²) < 4.78 is 151. The summed E-state index contributed by atoms with van der Waals surface area (Å²) in [5, 5.41) is -3.42. The molecule has 0 spiro atoms. The molecule has 1 nitrogen and oxygen atoms in total. The van der Waals surface area contributed by atoms with E-state index in [1.54, 1.807) is 0 Å². The molecule has 0 unspecified atom stereocenters. The molecule has 0 saturated heterocycles. The summed E-state index contributed by atoms with van der Waals surface area (Å²) >= 11 is 0. The number of rotatable bonds is 3. The van der Waals surface area contributed by atoms with Gasteiger partial charge in [-0.2, -0.15) is 0 Å². The summed E-state index contributed by atoms with van der Waals surface area (Å²) in [4.78, 5) is 0. The van der Waals surface area contributed by atoms with E-state index in [4.69, 9.17) is 4.74 Å². The highest BCUT2D eigenvalue weighted by atomic mass is 19.2. The number of hydrogen-bond acceptors (Lipinski definition) is 1. The number of halogens is 10. The largest absolute Gasteiger partial charge is 0.497 e. The van der Waals surface area contributed by atoms with Gasteiger partial charge in [0.25, 0.3) is 0 Å². The summed E-state index contributed by atoms with van der Waals surface area (Å²) in [6.45, 7) is 0. The minimum Gasteiger partial charge on any atom is -0.497 e. The number of fused-ring (bicyclic) bond motifs is 2. The topological polar surface area (TPSA) is 9.23 Å². The van der Waals surface area contributed by atoms with Crippen LogP contribution in [0.5, 0.6) is 5.75 Å². The van der Waals surface area contributed by atoms with E-state index >= 15 is 17.6 Å². The van der Waals surface area contributed by atoms with Crippen molar-refractivity contribution in [1.82, 2.24) is 0 Å². The van der Waals surface area contributed by atoms with Gasteiger partial charge in [0.15, 0.2) is 40.7 Å². The molecular formula is C27H10F10O. The first-order chi connectivity index (χ1) is 18.0. The molecule has 194 valence electrons. The third-order valence-electron chi connectivity index (χ3n) is 6.06. The van der Waals surface area contributed by atoms with E-state index in [0.717, 1.165) is 19.2 Å². The molecule has 0 saturated carbocycles. The molecule has 11 heteroatoms. The highest BCUT2D eigenvalue weighted by molar-refractivity contribution is 6.21. The molecule has 5 rings (SSSR count). The van der Waals surface area contributed by atoms with Crippen LogP contribution in [0.2, 0.25) is 0 Å². The Morgan fingerprint density at radius 1 is 0.474 bits per heavy atom. The lowest BCUT2D eigenvalue weighted by molar-refractivity contribution is 0.407. The molecule has 5 aromatic carbocycles. The summed E-state index contributed by atoms with van der Waals surface area (Å²) in [6.07, 6.45) is 0. The summed E-state index contributed by atoms with van der Waals surface area (Å²) in [7, 11) is 1.09. The molecule has 0 N–H and O–H groups in total. The second kappa shape index (κ2) is 8.93. The molecule has 0 amide bonds. The zero-order valence-corrected chi connectivity index (χ0v) is 18.7. The van der Waals surface area contributed by atoms with Crippen LogP contribution in [-0.2, 0) is 0 Å². The Kier molecular flexibility index (Phi) is 5.96. The third-order valence-corrected chi connectivity index (χ3v) is 6.06. The van der Waals surface area contributed by atoms with Crippen molar-refractivity contribution in [3.8, 4) is 28.0 Å². The minimum atomic E-state index is -2.36. The zero-order valence-electron chi connectivity index (χ0n) is 18.7. The minimum absolute atomic E-state index is 0.318. The van der Waals surface area contributed by atoms with E-state index in [1.165, 1.54) is 0 Å². The summed E-state index contributed by atoms with van der Waals surface area (Å²) in [5.74, 6) is -18.6. The van der Waals surface area contributed by atoms with Crippen molar-refractivity contribution in [2.24, 2.45) is 0 Å². The van der Waals surface area contributed by atoms with E-state index < -0.39 is 102 Å². The Bertz CT molecular complexity index is 1770. The first-order valence-electron chi connectivity index (χ1n) is 10.5. The molecule has 0 aromatic heterocycles. The van der Waals surface area contributed by atoms with Gasteiger partial charge in [0.05, 0.1) is 12.7 Å². The maximum atomic E-state index is 15.4. The molecule has 0 atom stereocenters. The first-order valence-corrected chi connectivity index (χ1v) is 10.5. The van der Waals surface area contributed by atoms with E-state index in [0.29, 0.717) is 30.3 Å². The van der Waals surface area contributed by atoms with Gasteiger partial charge in [-0.1, -0.05) is 6.07 Å². The standard InChI is InChI=1S/C27H10F10O/c1-38-11-7-14(29)20(15(30)8-11)19-12-3-2-10(28)6-13(12)18(9-4-16(31)23(33)17(32)5-9)21-22(19)25(35)27(37)26(36)24(21)34/h2-8H,1H3. The van der Waals surface area contributed by atoms with Crippen LogP contribution in [0.25, 0.3) is 43.8 Å². The average Bonchev–Trinajstić information content (AvgIpc) is 2.87. The molecule has 0 aliphatic rings. The van der Waals surface area contributed by atoms with Crippen molar-refractivity contribution < 1.29 is 48.6 Å². The Hall–Kier alpha value is -4.28. The van der Waals surface area contributed by atoms with Crippen LogP contribution < -0.4 is 4.74 Å². The average molecular weight is 540 g/mol. The van der Waals surface area contributed by atoms with Crippen LogP contribution in [0.15, 0.2) is 42.5 Å². The van der Waals surface area contributed by atoms with Gasteiger partial charge in [-0.15, -0.1) is 0 Å². The predicted molar refractivity (Wildman–Crippen MR) is 118 cm³/mol. The van der Waals surface area contributed by atoms with E-state index in [9.17, 15) is 26.3 Å². The second-order valence-corrected chi connectivity index (χ2v) is 8.17. The lowest BCUT2D eigenvalue weighted by Crippen LogP contribution is -2.04. The quantitative estimate of drug-likeness (QED) is 0.0963. The van der Waals surface area contributed by atoms with Gasteiger partial charge in [0.1, 0.15) is 23.2 Å². The maximum Gasteiger partial charge on any atom is 0.198 e. The second-order valence-electron chi connectivity index (χ2n) is 8.17. The van der Waals surface area contributed by atoms with Gasteiger partial charge in [0, 0.05) is 34.0 Å². The number of methoxy groups -OCH3 is 1. The summed E-state index contributed by atoms with van der Waals surface area (Å²) in [6, 6.07) is 4.31. The van der Waals surface area contributed by atoms with E-state index in [2.05, 4.69) is 0 Å². The normalized spacial score (nSPS) is 11.6. The fraction of sp³-hybridized carbons (Fsp3) is 0.0370. The van der Waals surface area contributed by atoms with Gasteiger partial charge in [-0.05, 0) is 40.6 Å². The molecule has 0 bridgehead atoms. The number of hydrogen-bond donors (Lipinski definition) is 0. The van der Waals surface area contributed by atoms with Crippen molar-refractivity contribution >= 4 is 21.5 Å². The molecule has 5 aromatic rings. The van der Waals surface area contributed by atoms with E-state index in [1.807, 2.05) is 0 Å². The van der Waals surface area contributed by atoms with Gasteiger partial charge in [0.2, 0.25) is 0 Å². The first kappa shape index (κ1) is 25.4. The third kappa shape index (κ3) is 3.64. The Morgan fingerprint density at radius 3 is 1.53 bits per heavy atom. The predicted octanol–water partition coefficient (Wildman–Crippen LogP) is 8.73. The Morgan fingerprint density at radius 2 is 1.00 bits per heavy atom. The molecule has 0 aliphatic carbocycles. The lowest BCUT2D eigenvalue weighted by Gasteiger charge is -2.20. The fourth-order valence-electron chi connectivity index (χ4n) is 4.48. The molecule has 0 heterocycles. The van der Waals surface area contributed by atoms with Crippen LogP contribution in [0.3, 0.4) is 0 Å².